The molecule has 0 spiro atoms. The van der Waals surface area contributed by atoms with Crippen molar-refractivity contribution in [2.45, 2.75) is 13.5 Å². The second-order valence-electron chi connectivity index (χ2n) is 8.08. The maximum Gasteiger partial charge on any atom is 0.294 e. The summed E-state index contributed by atoms with van der Waals surface area (Å²) >= 11 is 6.82. The summed E-state index contributed by atoms with van der Waals surface area (Å²) < 4.78 is 25.2. The summed E-state index contributed by atoms with van der Waals surface area (Å²) in [5.74, 6) is -0.868. The lowest BCUT2D eigenvalue weighted by Gasteiger charge is -2.13. The van der Waals surface area contributed by atoms with Gasteiger partial charge in [0.25, 0.3) is 11.1 Å². The highest BCUT2D eigenvalue weighted by atomic mass is 35.5. The Morgan fingerprint density at radius 2 is 1.89 bits per heavy atom. The van der Waals surface area contributed by atoms with E-state index >= 15 is 0 Å². The fourth-order valence-electron chi connectivity index (χ4n) is 3.57. The molecule has 0 saturated carbocycles. The number of benzene rings is 3. The van der Waals surface area contributed by atoms with E-state index in [1.54, 1.807) is 42.5 Å². The number of halogens is 2. The molecule has 0 aliphatic carbocycles. The Labute approximate surface area is 222 Å². The second-order valence-corrected chi connectivity index (χ2v) is 9.49. The molecule has 3 amide bonds. The molecular formula is C27H22ClFN2O5S. The zero-order valence-electron chi connectivity index (χ0n) is 19.9. The lowest BCUT2D eigenvalue weighted by atomic mass is 10.1. The molecular weight excluding hydrogens is 519 g/mol. The third-order valence-corrected chi connectivity index (χ3v) is 6.66. The normalized spacial score (nSPS) is 14.3. The Morgan fingerprint density at radius 1 is 1.11 bits per heavy atom. The summed E-state index contributed by atoms with van der Waals surface area (Å²) in [5, 5.41) is 2.38. The maximum absolute atomic E-state index is 14.1. The van der Waals surface area contributed by atoms with Crippen molar-refractivity contribution in [3.05, 3.63) is 93.1 Å². The molecule has 0 unspecified atom stereocenters. The van der Waals surface area contributed by atoms with Crippen LogP contribution in [0.5, 0.6) is 11.5 Å². The predicted molar refractivity (Wildman–Crippen MR) is 141 cm³/mol. The molecule has 3 aromatic rings. The quantitative estimate of drug-likeness (QED) is 0.350. The van der Waals surface area contributed by atoms with Crippen molar-refractivity contribution in [3.63, 3.8) is 0 Å². The topological polar surface area (TPSA) is 84.9 Å². The van der Waals surface area contributed by atoms with Gasteiger partial charge in [0.05, 0.1) is 17.0 Å². The van der Waals surface area contributed by atoms with Gasteiger partial charge in [-0.25, -0.2) is 4.39 Å². The number of rotatable bonds is 8. The van der Waals surface area contributed by atoms with E-state index in [4.69, 9.17) is 21.1 Å². The number of nitrogens with zero attached hydrogens (tertiary/aromatic N) is 1. The van der Waals surface area contributed by atoms with Crippen LogP contribution < -0.4 is 14.8 Å². The number of ether oxygens (including phenoxy) is 2. The highest BCUT2D eigenvalue weighted by Crippen LogP contribution is 2.35. The number of aryl methyl sites for hydroxylation is 1. The second kappa shape index (κ2) is 11.5. The summed E-state index contributed by atoms with van der Waals surface area (Å²) in [6.45, 7) is 1.34. The Kier molecular flexibility index (Phi) is 8.15. The summed E-state index contributed by atoms with van der Waals surface area (Å²) in [7, 11) is 1.46. The van der Waals surface area contributed by atoms with E-state index < -0.39 is 29.4 Å². The summed E-state index contributed by atoms with van der Waals surface area (Å²) in [6, 6.07) is 16.5. The first-order valence-electron chi connectivity index (χ1n) is 11.1. The molecule has 0 aromatic heterocycles. The average Bonchev–Trinajstić information content (AvgIpc) is 3.11. The number of carbonyl (C=O) groups is 3. The molecule has 10 heteroatoms. The predicted octanol–water partition coefficient (Wildman–Crippen LogP) is 6.05. The molecule has 1 N–H and O–H groups in total. The molecule has 1 fully saturated rings. The standard InChI is InChI=1S/C27H22ClFN2O5S/c1-16-5-3-6-18(11-16)30-25(32)14-31-26(33)24(37-27(31)34)13-17-9-10-22(35-2)23(12-17)36-15-19-20(28)7-4-8-21(19)29/h3-13H,14-15H2,1-2H3,(H,30,32)/b24-13+. The Hall–Kier alpha value is -3.82. The fourth-order valence-corrected chi connectivity index (χ4v) is 4.63. The minimum Gasteiger partial charge on any atom is -0.493 e. The average molecular weight is 541 g/mol. The number of methoxy groups -OCH3 is 1. The van der Waals surface area contributed by atoms with Crippen molar-refractivity contribution in [1.29, 1.82) is 0 Å². The molecule has 3 aromatic carbocycles. The number of hydrogen-bond donors (Lipinski definition) is 1. The van der Waals surface area contributed by atoms with Gasteiger partial charge in [0.1, 0.15) is 19.0 Å². The molecule has 4 rings (SSSR count). The van der Waals surface area contributed by atoms with Crippen molar-refractivity contribution in [1.82, 2.24) is 4.90 Å². The number of nitrogens with one attached hydrogen (secondary N) is 1. The Balaban J connectivity index is 1.48. The number of carbonyl (C=O) groups excluding carboxylic acids is 3. The van der Waals surface area contributed by atoms with Gasteiger partial charge in [-0.3, -0.25) is 19.3 Å². The molecule has 1 heterocycles. The fraction of sp³-hybridized carbons (Fsp3) is 0.148. The lowest BCUT2D eigenvalue weighted by molar-refractivity contribution is -0.127. The van der Waals surface area contributed by atoms with Crippen LogP contribution in [0.25, 0.3) is 6.08 Å². The molecule has 0 radical (unpaired) electrons. The summed E-state index contributed by atoms with van der Waals surface area (Å²) in [6.07, 6.45) is 1.52. The largest absolute Gasteiger partial charge is 0.493 e. The molecule has 0 bridgehead atoms. The molecule has 7 nitrogen and oxygen atoms in total. The van der Waals surface area contributed by atoms with Crippen molar-refractivity contribution < 1.29 is 28.2 Å². The number of imide groups is 1. The minimum absolute atomic E-state index is 0.141. The van der Waals surface area contributed by atoms with Crippen LogP contribution in [0.3, 0.4) is 0 Å². The summed E-state index contributed by atoms with van der Waals surface area (Å²) in [4.78, 5) is 38.8. The number of amides is 3. The van der Waals surface area contributed by atoms with E-state index in [-0.39, 0.29) is 22.1 Å². The van der Waals surface area contributed by atoms with Gasteiger partial charge in [0.2, 0.25) is 5.91 Å². The van der Waals surface area contributed by atoms with Gasteiger partial charge in [0.15, 0.2) is 11.5 Å². The molecule has 1 aliphatic heterocycles. The van der Waals surface area contributed by atoms with Gasteiger partial charge in [-0.15, -0.1) is 0 Å². The van der Waals surface area contributed by atoms with Crippen molar-refractivity contribution in [2.24, 2.45) is 0 Å². The highest BCUT2D eigenvalue weighted by Gasteiger charge is 2.36. The zero-order chi connectivity index (χ0) is 26.5. The SMILES string of the molecule is COc1ccc(/C=C2/SC(=O)N(CC(=O)Nc3cccc(C)c3)C2=O)cc1OCc1c(F)cccc1Cl. The minimum atomic E-state index is -0.578. The van der Waals surface area contributed by atoms with Gasteiger partial charge in [0, 0.05) is 11.3 Å². The van der Waals surface area contributed by atoms with E-state index in [2.05, 4.69) is 5.32 Å². The maximum atomic E-state index is 14.1. The molecule has 0 atom stereocenters. The van der Waals surface area contributed by atoms with Crippen LogP contribution in [0.1, 0.15) is 16.7 Å². The highest BCUT2D eigenvalue weighted by molar-refractivity contribution is 8.18. The van der Waals surface area contributed by atoms with Crippen LogP contribution in [0, 0.1) is 12.7 Å². The van der Waals surface area contributed by atoms with Crippen LogP contribution in [-0.4, -0.2) is 35.6 Å². The van der Waals surface area contributed by atoms with Crippen molar-refractivity contribution >= 4 is 52.2 Å². The number of hydrogen-bond acceptors (Lipinski definition) is 6. The summed E-state index contributed by atoms with van der Waals surface area (Å²) in [5.41, 5.74) is 2.29. The first kappa shape index (κ1) is 26.2. The Bertz CT molecular complexity index is 1390. The third-order valence-electron chi connectivity index (χ3n) is 5.40. The van der Waals surface area contributed by atoms with E-state index in [1.807, 2.05) is 13.0 Å². The van der Waals surface area contributed by atoms with E-state index in [0.29, 0.717) is 22.7 Å². The van der Waals surface area contributed by atoms with Gasteiger partial charge >= 0.3 is 0 Å². The van der Waals surface area contributed by atoms with E-state index in [1.165, 1.54) is 25.3 Å². The van der Waals surface area contributed by atoms with Gasteiger partial charge in [-0.05, 0) is 72.3 Å². The molecule has 1 aliphatic rings. The molecule has 1 saturated heterocycles. The first-order chi connectivity index (χ1) is 17.7. The lowest BCUT2D eigenvalue weighted by Crippen LogP contribution is -2.36. The van der Waals surface area contributed by atoms with Crippen LogP contribution in [0.2, 0.25) is 5.02 Å². The number of anilines is 1. The van der Waals surface area contributed by atoms with Gasteiger partial charge in [-0.2, -0.15) is 0 Å². The van der Waals surface area contributed by atoms with Crippen molar-refractivity contribution in [3.8, 4) is 11.5 Å². The monoisotopic (exact) mass is 540 g/mol. The number of thioether (sulfide) groups is 1. The van der Waals surface area contributed by atoms with Gasteiger partial charge < -0.3 is 14.8 Å². The third kappa shape index (κ3) is 6.31. The Morgan fingerprint density at radius 3 is 2.62 bits per heavy atom. The van der Waals surface area contributed by atoms with Crippen LogP contribution in [0.4, 0.5) is 14.9 Å². The van der Waals surface area contributed by atoms with Crippen LogP contribution >= 0.6 is 23.4 Å². The first-order valence-corrected chi connectivity index (χ1v) is 12.3. The van der Waals surface area contributed by atoms with Gasteiger partial charge in [-0.1, -0.05) is 35.9 Å². The smallest absolute Gasteiger partial charge is 0.294 e. The van der Waals surface area contributed by atoms with Crippen LogP contribution in [-0.2, 0) is 16.2 Å². The molecule has 190 valence electrons. The van der Waals surface area contributed by atoms with E-state index in [9.17, 15) is 18.8 Å². The van der Waals surface area contributed by atoms with E-state index in [0.717, 1.165) is 22.2 Å². The van der Waals surface area contributed by atoms with Crippen LogP contribution in [0.15, 0.2) is 65.6 Å². The zero-order valence-corrected chi connectivity index (χ0v) is 21.5. The van der Waals surface area contributed by atoms with Crippen molar-refractivity contribution in [2.75, 3.05) is 19.0 Å². The molecule has 37 heavy (non-hydrogen) atoms.